The highest BCUT2D eigenvalue weighted by molar-refractivity contribution is 6.30. The zero-order valence-electron chi connectivity index (χ0n) is 15.4. The number of hydrogen-bond donors (Lipinski definition) is 1. The average Bonchev–Trinajstić information content (AvgIpc) is 2.70. The Hall–Kier alpha value is -3.25. The van der Waals surface area contributed by atoms with Gasteiger partial charge in [-0.05, 0) is 35.9 Å². The van der Waals surface area contributed by atoms with Crippen LogP contribution < -0.4 is 20.3 Å². The number of aromatic nitrogens is 1. The Morgan fingerprint density at radius 1 is 1.07 bits per heavy atom. The maximum absolute atomic E-state index is 12.7. The van der Waals surface area contributed by atoms with Crippen molar-refractivity contribution in [2.45, 2.75) is 6.54 Å². The molecule has 0 aliphatic rings. The van der Waals surface area contributed by atoms with E-state index in [2.05, 4.69) is 5.32 Å². The van der Waals surface area contributed by atoms with Gasteiger partial charge in [-0.3, -0.25) is 9.59 Å². The monoisotopic (exact) mass is 398 g/mol. The van der Waals surface area contributed by atoms with E-state index in [4.69, 9.17) is 21.1 Å². The number of carbonyl (C=O) groups excluding carboxylic acids is 1. The molecule has 0 unspecified atom stereocenters. The van der Waals surface area contributed by atoms with E-state index >= 15 is 0 Å². The molecule has 2 aromatic carbocycles. The highest BCUT2D eigenvalue weighted by Crippen LogP contribution is 2.29. The normalized spacial score (nSPS) is 10.4. The summed E-state index contributed by atoms with van der Waals surface area (Å²) in [5.74, 6) is 0.730. The van der Waals surface area contributed by atoms with Crippen molar-refractivity contribution in [2.75, 3.05) is 19.5 Å². The smallest absolute Gasteiger partial charge is 0.257 e. The zero-order chi connectivity index (χ0) is 20.1. The third-order valence-electron chi connectivity index (χ3n) is 4.14. The number of benzene rings is 2. The number of hydrogen-bond acceptors (Lipinski definition) is 4. The molecule has 0 atom stereocenters. The van der Waals surface area contributed by atoms with Crippen molar-refractivity contribution in [2.24, 2.45) is 0 Å². The van der Waals surface area contributed by atoms with Gasteiger partial charge in [-0.2, -0.15) is 0 Å². The third kappa shape index (κ3) is 4.53. The second-order valence-corrected chi connectivity index (χ2v) is 6.47. The van der Waals surface area contributed by atoms with E-state index in [0.29, 0.717) is 34.3 Å². The molecule has 0 radical (unpaired) electrons. The van der Waals surface area contributed by atoms with Gasteiger partial charge in [0.1, 0.15) is 11.5 Å². The number of pyridine rings is 1. The first kappa shape index (κ1) is 19.5. The first-order valence-electron chi connectivity index (χ1n) is 8.48. The second-order valence-electron chi connectivity index (χ2n) is 6.03. The first-order valence-corrected chi connectivity index (χ1v) is 8.86. The minimum Gasteiger partial charge on any atom is -0.497 e. The van der Waals surface area contributed by atoms with Gasteiger partial charge in [-0.15, -0.1) is 0 Å². The van der Waals surface area contributed by atoms with Crippen LogP contribution in [0.3, 0.4) is 0 Å². The summed E-state index contributed by atoms with van der Waals surface area (Å²) in [4.78, 5) is 24.8. The van der Waals surface area contributed by atoms with Gasteiger partial charge < -0.3 is 19.4 Å². The molecule has 3 rings (SSSR count). The van der Waals surface area contributed by atoms with Gasteiger partial charge in [0.05, 0.1) is 32.0 Å². The number of anilines is 1. The lowest BCUT2D eigenvalue weighted by molar-refractivity contribution is 0.102. The maximum atomic E-state index is 12.7. The summed E-state index contributed by atoms with van der Waals surface area (Å²) in [7, 11) is 3.06. The van der Waals surface area contributed by atoms with Crippen LogP contribution in [0.4, 0.5) is 5.69 Å². The summed E-state index contributed by atoms with van der Waals surface area (Å²) in [5, 5.41) is 3.38. The van der Waals surface area contributed by atoms with Gasteiger partial charge in [0, 0.05) is 23.4 Å². The van der Waals surface area contributed by atoms with Crippen molar-refractivity contribution in [3.63, 3.8) is 0 Å². The van der Waals surface area contributed by atoms with E-state index in [-0.39, 0.29) is 11.5 Å². The molecule has 0 bridgehead atoms. The molecule has 1 amide bonds. The third-order valence-corrected chi connectivity index (χ3v) is 4.38. The van der Waals surface area contributed by atoms with Crippen molar-refractivity contribution in [1.29, 1.82) is 0 Å². The highest BCUT2D eigenvalue weighted by atomic mass is 35.5. The minimum absolute atomic E-state index is 0.210. The topological polar surface area (TPSA) is 69.6 Å². The van der Waals surface area contributed by atoms with Gasteiger partial charge in [0.2, 0.25) is 0 Å². The van der Waals surface area contributed by atoms with E-state index in [1.165, 1.54) is 30.0 Å². The fraction of sp³-hybridized carbons (Fsp3) is 0.143. The lowest BCUT2D eigenvalue weighted by Gasteiger charge is -2.12. The zero-order valence-corrected chi connectivity index (χ0v) is 16.2. The summed E-state index contributed by atoms with van der Waals surface area (Å²) in [6.45, 7) is 0.312. The van der Waals surface area contributed by atoms with Crippen LogP contribution in [0.2, 0.25) is 5.02 Å². The Labute approximate surface area is 167 Å². The largest absolute Gasteiger partial charge is 0.497 e. The number of methoxy groups -OCH3 is 2. The number of nitrogens with zero attached hydrogens (tertiary/aromatic N) is 1. The van der Waals surface area contributed by atoms with Crippen LogP contribution in [-0.2, 0) is 6.54 Å². The van der Waals surface area contributed by atoms with Crippen molar-refractivity contribution in [3.8, 4) is 11.5 Å². The molecule has 6 nitrogen and oxygen atoms in total. The SMILES string of the molecule is COc1ccc(NC(=O)c2ccc(=O)n(Cc3cccc(Cl)c3)c2)c(OC)c1. The fourth-order valence-corrected chi connectivity index (χ4v) is 2.93. The number of nitrogens with one attached hydrogen (secondary N) is 1. The molecular weight excluding hydrogens is 380 g/mol. The summed E-state index contributed by atoms with van der Waals surface area (Å²) in [6, 6.07) is 15.2. The molecule has 1 heterocycles. The van der Waals surface area contributed by atoms with Crippen molar-refractivity contribution in [1.82, 2.24) is 4.57 Å². The van der Waals surface area contributed by atoms with Crippen LogP contribution in [0.15, 0.2) is 65.6 Å². The maximum Gasteiger partial charge on any atom is 0.257 e. The molecule has 1 aromatic heterocycles. The predicted octanol–water partition coefficient (Wildman–Crippen LogP) is 3.82. The summed E-state index contributed by atoms with van der Waals surface area (Å²) >= 11 is 6.00. The molecule has 28 heavy (non-hydrogen) atoms. The molecule has 0 aliphatic carbocycles. The standard InChI is InChI=1S/C21H19ClN2O4/c1-27-17-7-8-18(19(11-17)28-2)23-21(26)15-6-9-20(25)24(13-15)12-14-4-3-5-16(22)10-14/h3-11,13H,12H2,1-2H3,(H,23,26). The second kappa shape index (κ2) is 8.63. The predicted molar refractivity (Wildman–Crippen MR) is 109 cm³/mol. The Morgan fingerprint density at radius 3 is 2.61 bits per heavy atom. The molecule has 7 heteroatoms. The van der Waals surface area contributed by atoms with Crippen LogP contribution in [-0.4, -0.2) is 24.7 Å². The first-order chi connectivity index (χ1) is 13.5. The van der Waals surface area contributed by atoms with Crippen LogP contribution in [0.1, 0.15) is 15.9 Å². The molecule has 0 spiro atoms. The Kier molecular flexibility index (Phi) is 6.01. The molecular formula is C21H19ClN2O4. The Bertz CT molecular complexity index is 1060. The van der Waals surface area contributed by atoms with Crippen LogP contribution in [0, 0.1) is 0 Å². The van der Waals surface area contributed by atoms with Gasteiger partial charge in [-0.1, -0.05) is 23.7 Å². The van der Waals surface area contributed by atoms with Gasteiger partial charge in [0.15, 0.2) is 0 Å². The lowest BCUT2D eigenvalue weighted by atomic mass is 10.2. The van der Waals surface area contributed by atoms with Crippen molar-refractivity contribution in [3.05, 3.63) is 87.3 Å². The van der Waals surface area contributed by atoms with E-state index in [9.17, 15) is 9.59 Å². The summed E-state index contributed by atoms with van der Waals surface area (Å²) in [6.07, 6.45) is 1.52. The molecule has 0 fully saturated rings. The van der Waals surface area contributed by atoms with Crippen molar-refractivity contribution >= 4 is 23.2 Å². The minimum atomic E-state index is -0.358. The fourth-order valence-electron chi connectivity index (χ4n) is 2.72. The molecule has 1 N–H and O–H groups in total. The van der Waals surface area contributed by atoms with Gasteiger partial charge in [0.25, 0.3) is 11.5 Å². The number of amides is 1. The summed E-state index contributed by atoms with van der Waals surface area (Å²) in [5.41, 5.74) is 1.50. The van der Waals surface area contributed by atoms with E-state index in [1.54, 1.807) is 37.4 Å². The van der Waals surface area contributed by atoms with E-state index in [0.717, 1.165) is 5.56 Å². The number of carbonyl (C=O) groups is 1. The van der Waals surface area contributed by atoms with E-state index in [1.807, 2.05) is 12.1 Å². The molecule has 3 aromatic rings. The van der Waals surface area contributed by atoms with Crippen LogP contribution >= 0.6 is 11.6 Å². The van der Waals surface area contributed by atoms with Gasteiger partial charge >= 0.3 is 0 Å². The van der Waals surface area contributed by atoms with Crippen LogP contribution in [0.25, 0.3) is 0 Å². The molecule has 0 saturated carbocycles. The number of halogens is 1. The molecule has 0 saturated heterocycles. The van der Waals surface area contributed by atoms with Gasteiger partial charge in [-0.25, -0.2) is 0 Å². The Morgan fingerprint density at radius 2 is 1.89 bits per heavy atom. The van der Waals surface area contributed by atoms with Crippen molar-refractivity contribution < 1.29 is 14.3 Å². The molecule has 144 valence electrons. The highest BCUT2D eigenvalue weighted by Gasteiger charge is 2.12. The quantitative estimate of drug-likeness (QED) is 0.685. The Balaban J connectivity index is 1.84. The average molecular weight is 399 g/mol. The number of rotatable bonds is 6. The summed E-state index contributed by atoms with van der Waals surface area (Å²) < 4.78 is 11.9. The van der Waals surface area contributed by atoms with E-state index < -0.39 is 0 Å². The lowest BCUT2D eigenvalue weighted by Crippen LogP contribution is -2.22. The molecule has 0 aliphatic heterocycles. The number of ether oxygens (including phenoxy) is 2. The van der Waals surface area contributed by atoms with Crippen LogP contribution in [0.5, 0.6) is 11.5 Å².